The van der Waals surface area contributed by atoms with Gasteiger partial charge in [0.2, 0.25) is 0 Å². The third-order valence-corrected chi connectivity index (χ3v) is 1.52. The van der Waals surface area contributed by atoms with Crippen LogP contribution in [0.15, 0.2) is 0 Å². The van der Waals surface area contributed by atoms with Gasteiger partial charge in [-0.1, -0.05) is 0 Å². The molecule has 3 heteroatoms. The first-order chi connectivity index (χ1) is 4.74. The lowest BCUT2D eigenvalue weighted by Gasteiger charge is -2.09. The molecule has 1 rings (SSSR count). The second kappa shape index (κ2) is 3.01. The van der Waals surface area contributed by atoms with E-state index in [9.17, 15) is 4.79 Å². The minimum absolute atomic E-state index is 0.116. The van der Waals surface area contributed by atoms with Crippen molar-refractivity contribution in [1.29, 1.82) is 0 Å². The summed E-state index contributed by atoms with van der Waals surface area (Å²) in [6.45, 7) is 1.71. The van der Waals surface area contributed by atoms with Crippen LogP contribution in [0.4, 0.5) is 0 Å². The lowest BCUT2D eigenvalue weighted by molar-refractivity contribution is -0.171. The quantitative estimate of drug-likeness (QED) is 0.436. The number of hydrogen-bond acceptors (Lipinski definition) is 3. The molecule has 0 heterocycles. The number of rotatable bonds is 3. The Labute approximate surface area is 60.3 Å². The molecule has 1 fully saturated rings. The smallest absolute Gasteiger partial charge is 0.311 e. The molecule has 0 aromatic heterocycles. The molecule has 3 nitrogen and oxygen atoms in total. The molecule has 0 N–H and O–H groups in total. The second-order valence-corrected chi connectivity index (χ2v) is 2.51. The van der Waals surface area contributed by atoms with Gasteiger partial charge in [0.25, 0.3) is 0 Å². The SMILES string of the molecule is COC(C)OC(=O)C1CC1. The Morgan fingerprint density at radius 1 is 1.60 bits per heavy atom. The minimum Gasteiger partial charge on any atom is -0.436 e. The number of carbonyl (C=O) groups excluding carboxylic acids is 1. The molecule has 1 saturated carbocycles. The highest BCUT2D eigenvalue weighted by atomic mass is 16.7. The third-order valence-electron chi connectivity index (χ3n) is 1.52. The number of methoxy groups -OCH3 is 1. The molecule has 10 heavy (non-hydrogen) atoms. The Balaban J connectivity index is 2.16. The molecule has 1 unspecified atom stereocenters. The van der Waals surface area contributed by atoms with Crippen LogP contribution in [0.1, 0.15) is 19.8 Å². The van der Waals surface area contributed by atoms with Gasteiger partial charge in [0.1, 0.15) is 0 Å². The summed E-state index contributed by atoms with van der Waals surface area (Å²) in [6, 6.07) is 0. The van der Waals surface area contributed by atoms with Crippen molar-refractivity contribution in [2.45, 2.75) is 26.1 Å². The van der Waals surface area contributed by atoms with Crippen LogP contribution >= 0.6 is 0 Å². The predicted octanol–water partition coefficient (Wildman–Crippen LogP) is 0.932. The Kier molecular flexibility index (Phi) is 2.27. The normalized spacial score (nSPS) is 20.2. The van der Waals surface area contributed by atoms with Gasteiger partial charge in [-0.2, -0.15) is 0 Å². The standard InChI is InChI=1S/C7H12O3/c1-5(9-2)10-7(8)6-3-4-6/h5-6H,3-4H2,1-2H3. The molecular weight excluding hydrogens is 132 g/mol. The number of hydrogen-bond donors (Lipinski definition) is 0. The largest absolute Gasteiger partial charge is 0.436 e. The van der Waals surface area contributed by atoms with Crippen LogP contribution in [0.3, 0.4) is 0 Å². The Hall–Kier alpha value is -0.570. The van der Waals surface area contributed by atoms with Gasteiger partial charge >= 0.3 is 5.97 Å². The van der Waals surface area contributed by atoms with Gasteiger partial charge in [0, 0.05) is 7.11 Å². The molecule has 1 atom stereocenters. The van der Waals surface area contributed by atoms with Gasteiger partial charge in [0.15, 0.2) is 6.29 Å². The first-order valence-electron chi connectivity index (χ1n) is 3.47. The van der Waals surface area contributed by atoms with Crippen LogP contribution in [-0.4, -0.2) is 19.4 Å². The molecule has 1 aliphatic rings. The molecule has 0 radical (unpaired) electrons. The summed E-state index contributed by atoms with van der Waals surface area (Å²) in [5.74, 6) is 0.0481. The molecule has 0 saturated heterocycles. The van der Waals surface area contributed by atoms with Crippen molar-refractivity contribution in [1.82, 2.24) is 0 Å². The van der Waals surface area contributed by atoms with Crippen molar-refractivity contribution in [3.8, 4) is 0 Å². The molecule has 0 spiro atoms. The monoisotopic (exact) mass is 144 g/mol. The third kappa shape index (κ3) is 1.99. The van der Waals surface area contributed by atoms with E-state index in [2.05, 4.69) is 0 Å². The van der Waals surface area contributed by atoms with E-state index in [1.54, 1.807) is 6.92 Å². The lowest BCUT2D eigenvalue weighted by atomic mass is 10.4. The first kappa shape index (κ1) is 7.54. The topological polar surface area (TPSA) is 35.5 Å². The molecular formula is C7H12O3. The van der Waals surface area contributed by atoms with Gasteiger partial charge in [-0.25, -0.2) is 0 Å². The number of ether oxygens (including phenoxy) is 2. The second-order valence-electron chi connectivity index (χ2n) is 2.51. The fourth-order valence-corrected chi connectivity index (χ4v) is 0.627. The molecule has 0 aromatic rings. The van der Waals surface area contributed by atoms with E-state index in [-0.39, 0.29) is 11.9 Å². The van der Waals surface area contributed by atoms with E-state index >= 15 is 0 Å². The van der Waals surface area contributed by atoms with Crippen molar-refractivity contribution in [3.05, 3.63) is 0 Å². The highest BCUT2D eigenvalue weighted by Gasteiger charge is 2.32. The fraction of sp³-hybridized carbons (Fsp3) is 0.857. The van der Waals surface area contributed by atoms with Crippen LogP contribution in [0.5, 0.6) is 0 Å². The zero-order valence-corrected chi connectivity index (χ0v) is 6.29. The van der Waals surface area contributed by atoms with Crippen molar-refractivity contribution < 1.29 is 14.3 Å². The average Bonchev–Trinajstić information content (AvgIpc) is 2.68. The van der Waals surface area contributed by atoms with Crippen molar-refractivity contribution >= 4 is 5.97 Å². The molecule has 0 aliphatic heterocycles. The Bertz CT molecular complexity index is 129. The summed E-state index contributed by atoms with van der Waals surface area (Å²) in [5.41, 5.74) is 0. The van der Waals surface area contributed by atoms with Crippen LogP contribution in [-0.2, 0) is 14.3 Å². The average molecular weight is 144 g/mol. The maximum Gasteiger partial charge on any atom is 0.311 e. The van der Waals surface area contributed by atoms with Crippen molar-refractivity contribution in [2.75, 3.05) is 7.11 Å². The summed E-state index contributed by atoms with van der Waals surface area (Å²) in [5, 5.41) is 0. The molecule has 1 aliphatic carbocycles. The van der Waals surface area contributed by atoms with E-state index in [1.165, 1.54) is 7.11 Å². The van der Waals surface area contributed by atoms with Gasteiger partial charge in [-0.3, -0.25) is 4.79 Å². The highest BCUT2D eigenvalue weighted by molar-refractivity contribution is 5.74. The van der Waals surface area contributed by atoms with Crippen LogP contribution < -0.4 is 0 Å². The summed E-state index contributed by atoms with van der Waals surface area (Å²) < 4.78 is 9.62. The molecule has 0 amide bonds. The molecule has 0 aromatic carbocycles. The number of esters is 1. The zero-order chi connectivity index (χ0) is 7.56. The molecule has 0 bridgehead atoms. The van der Waals surface area contributed by atoms with Gasteiger partial charge < -0.3 is 9.47 Å². The lowest BCUT2D eigenvalue weighted by Crippen LogP contribution is -2.17. The highest BCUT2D eigenvalue weighted by Crippen LogP contribution is 2.30. The van der Waals surface area contributed by atoms with Crippen molar-refractivity contribution in [2.24, 2.45) is 5.92 Å². The van der Waals surface area contributed by atoms with E-state index in [1.807, 2.05) is 0 Å². The zero-order valence-electron chi connectivity index (χ0n) is 6.29. The maximum absolute atomic E-state index is 10.9. The summed E-state index contributed by atoms with van der Waals surface area (Å²) in [6.07, 6.45) is 1.57. The predicted molar refractivity (Wildman–Crippen MR) is 35.3 cm³/mol. The number of carbonyl (C=O) groups is 1. The van der Waals surface area contributed by atoms with Gasteiger partial charge in [-0.15, -0.1) is 0 Å². The van der Waals surface area contributed by atoms with Crippen LogP contribution in [0.25, 0.3) is 0 Å². The first-order valence-corrected chi connectivity index (χ1v) is 3.47. The minimum atomic E-state index is -0.395. The van der Waals surface area contributed by atoms with Crippen molar-refractivity contribution in [3.63, 3.8) is 0 Å². The summed E-state index contributed by atoms with van der Waals surface area (Å²) in [4.78, 5) is 10.9. The maximum atomic E-state index is 10.9. The Morgan fingerprint density at radius 2 is 2.20 bits per heavy atom. The van der Waals surface area contributed by atoms with E-state index < -0.39 is 6.29 Å². The summed E-state index contributed by atoms with van der Waals surface area (Å²) >= 11 is 0. The Morgan fingerprint density at radius 3 is 2.60 bits per heavy atom. The van der Waals surface area contributed by atoms with Gasteiger partial charge in [0.05, 0.1) is 5.92 Å². The van der Waals surface area contributed by atoms with Crippen LogP contribution in [0.2, 0.25) is 0 Å². The van der Waals surface area contributed by atoms with E-state index in [0.717, 1.165) is 12.8 Å². The van der Waals surface area contributed by atoms with E-state index in [4.69, 9.17) is 9.47 Å². The van der Waals surface area contributed by atoms with E-state index in [0.29, 0.717) is 0 Å². The fourth-order valence-electron chi connectivity index (χ4n) is 0.627. The summed E-state index contributed by atoms with van der Waals surface area (Å²) in [7, 11) is 1.52. The molecule has 58 valence electrons. The van der Waals surface area contributed by atoms with Gasteiger partial charge in [-0.05, 0) is 19.8 Å². The van der Waals surface area contributed by atoms with Crippen LogP contribution in [0, 0.1) is 5.92 Å².